The number of carbonyl (C=O) groups excluding carboxylic acids is 1. The summed E-state index contributed by atoms with van der Waals surface area (Å²) in [7, 11) is 0. The molecule has 4 rings (SSSR count). The Kier molecular flexibility index (Phi) is 5.68. The van der Waals surface area contributed by atoms with Gasteiger partial charge in [-0.05, 0) is 43.3 Å². The van der Waals surface area contributed by atoms with E-state index in [1.54, 1.807) is 35.9 Å². The Balaban J connectivity index is 1.32. The summed E-state index contributed by atoms with van der Waals surface area (Å²) >= 11 is 2.77. The number of rotatable bonds is 7. The van der Waals surface area contributed by atoms with Crippen molar-refractivity contribution in [2.24, 2.45) is 0 Å². The van der Waals surface area contributed by atoms with E-state index in [1.165, 1.54) is 34.8 Å². The van der Waals surface area contributed by atoms with Crippen LogP contribution in [0.1, 0.15) is 26.1 Å². The number of aromatic nitrogens is 2. The fraction of sp³-hybridized carbons (Fsp3) is 0.150. The third-order valence-corrected chi connectivity index (χ3v) is 5.70. The molecular weight excluding hydrogens is 415 g/mol. The summed E-state index contributed by atoms with van der Waals surface area (Å²) in [5.41, 5.74) is 0.900. The highest BCUT2D eigenvalue weighted by Gasteiger charge is 2.19. The highest BCUT2D eigenvalue weighted by Crippen LogP contribution is 2.28. The van der Waals surface area contributed by atoms with Gasteiger partial charge >= 0.3 is 5.97 Å². The minimum Gasteiger partial charge on any atom is -0.486 e. The summed E-state index contributed by atoms with van der Waals surface area (Å²) in [5, 5.41) is 3.16. The molecule has 0 N–H and O–H groups in total. The van der Waals surface area contributed by atoms with Crippen molar-refractivity contribution in [3.63, 3.8) is 0 Å². The minimum absolute atomic E-state index is 0.0406. The molecule has 148 valence electrons. The van der Waals surface area contributed by atoms with Crippen LogP contribution in [-0.2, 0) is 18.0 Å². The maximum absolute atomic E-state index is 12.9. The van der Waals surface area contributed by atoms with E-state index < -0.39 is 5.97 Å². The second-order valence-corrected chi connectivity index (χ2v) is 8.10. The highest BCUT2D eigenvalue weighted by atomic mass is 32.1. The quantitative estimate of drug-likeness (QED) is 0.373. The Morgan fingerprint density at radius 2 is 2.00 bits per heavy atom. The predicted molar refractivity (Wildman–Crippen MR) is 107 cm³/mol. The molecule has 4 aromatic rings. The first kappa shape index (κ1) is 19.3. The van der Waals surface area contributed by atoms with Crippen LogP contribution in [0.3, 0.4) is 0 Å². The predicted octanol–water partition coefficient (Wildman–Crippen LogP) is 5.24. The van der Waals surface area contributed by atoms with Gasteiger partial charge in [0, 0.05) is 10.3 Å². The molecule has 0 amide bonds. The number of hydrogen-bond acceptors (Lipinski definition) is 8. The van der Waals surface area contributed by atoms with Gasteiger partial charge in [0.05, 0.1) is 12.0 Å². The molecule has 0 fully saturated rings. The number of thiazole rings is 2. The van der Waals surface area contributed by atoms with Gasteiger partial charge in [-0.3, -0.25) is 0 Å². The average molecular weight is 430 g/mol. The van der Waals surface area contributed by atoms with Crippen LogP contribution in [0.2, 0.25) is 0 Å². The fourth-order valence-corrected chi connectivity index (χ4v) is 4.02. The average Bonchev–Trinajstić information content (AvgIpc) is 3.46. The molecule has 0 atom stereocenters. The van der Waals surface area contributed by atoms with Gasteiger partial charge in [-0.1, -0.05) is 0 Å². The third kappa shape index (κ3) is 4.69. The summed E-state index contributed by atoms with van der Waals surface area (Å²) in [5.74, 6) is 0.347. The third-order valence-electron chi connectivity index (χ3n) is 3.85. The van der Waals surface area contributed by atoms with E-state index in [4.69, 9.17) is 13.9 Å². The Bertz CT molecular complexity index is 1100. The monoisotopic (exact) mass is 430 g/mol. The summed E-state index contributed by atoms with van der Waals surface area (Å²) < 4.78 is 29.1. The van der Waals surface area contributed by atoms with Crippen LogP contribution in [0.5, 0.6) is 5.75 Å². The number of carbonyl (C=O) groups is 1. The van der Waals surface area contributed by atoms with Crippen molar-refractivity contribution in [3.05, 3.63) is 75.1 Å². The highest BCUT2D eigenvalue weighted by molar-refractivity contribution is 7.15. The van der Waals surface area contributed by atoms with Gasteiger partial charge in [-0.25, -0.2) is 19.2 Å². The molecule has 0 unspecified atom stereocenters. The smallest absolute Gasteiger partial charge is 0.358 e. The van der Waals surface area contributed by atoms with Crippen molar-refractivity contribution in [2.45, 2.75) is 20.1 Å². The number of ether oxygens (including phenoxy) is 2. The first-order valence-corrected chi connectivity index (χ1v) is 10.3. The SMILES string of the molecule is Cc1sc(-c2ccco2)nc1C(=O)OCc1csc(COc2ccc(F)cc2)n1. The Morgan fingerprint density at radius 1 is 1.17 bits per heavy atom. The largest absolute Gasteiger partial charge is 0.486 e. The van der Waals surface area contributed by atoms with E-state index in [9.17, 15) is 9.18 Å². The zero-order chi connectivity index (χ0) is 20.2. The lowest BCUT2D eigenvalue weighted by Crippen LogP contribution is -2.07. The van der Waals surface area contributed by atoms with Gasteiger partial charge in [0.1, 0.15) is 29.8 Å². The first-order chi connectivity index (χ1) is 14.1. The number of esters is 1. The lowest BCUT2D eigenvalue weighted by atomic mass is 10.3. The van der Waals surface area contributed by atoms with Crippen LogP contribution in [0.25, 0.3) is 10.8 Å². The second-order valence-electron chi connectivity index (χ2n) is 5.95. The van der Waals surface area contributed by atoms with Crippen molar-refractivity contribution in [3.8, 4) is 16.5 Å². The number of aryl methyl sites for hydroxylation is 1. The number of furan rings is 1. The van der Waals surface area contributed by atoms with E-state index in [2.05, 4.69) is 9.97 Å². The molecule has 0 spiro atoms. The van der Waals surface area contributed by atoms with Crippen LogP contribution in [0.4, 0.5) is 4.39 Å². The van der Waals surface area contributed by atoms with Crippen molar-refractivity contribution in [2.75, 3.05) is 0 Å². The van der Waals surface area contributed by atoms with Gasteiger partial charge in [0.15, 0.2) is 16.5 Å². The lowest BCUT2D eigenvalue weighted by molar-refractivity contribution is 0.0461. The van der Waals surface area contributed by atoms with E-state index in [1.807, 2.05) is 6.92 Å². The summed E-state index contributed by atoms with van der Waals surface area (Å²) in [6.07, 6.45) is 1.56. The number of benzene rings is 1. The summed E-state index contributed by atoms with van der Waals surface area (Å²) in [6.45, 7) is 2.11. The molecule has 3 heterocycles. The maximum Gasteiger partial charge on any atom is 0.358 e. The molecule has 0 saturated carbocycles. The second kappa shape index (κ2) is 8.54. The van der Waals surface area contributed by atoms with E-state index >= 15 is 0 Å². The molecule has 29 heavy (non-hydrogen) atoms. The molecule has 0 saturated heterocycles. The van der Waals surface area contributed by atoms with E-state index in [0.717, 1.165) is 9.88 Å². The van der Waals surface area contributed by atoms with Crippen molar-refractivity contribution < 1.29 is 23.1 Å². The van der Waals surface area contributed by atoms with Crippen LogP contribution < -0.4 is 4.74 Å². The molecule has 1 aromatic carbocycles. The molecule has 0 aliphatic carbocycles. The zero-order valence-corrected chi connectivity index (χ0v) is 16.9. The Hall–Kier alpha value is -3.04. The van der Waals surface area contributed by atoms with Crippen molar-refractivity contribution in [1.82, 2.24) is 9.97 Å². The molecule has 0 aliphatic heterocycles. The van der Waals surface area contributed by atoms with Crippen molar-refractivity contribution >= 4 is 28.6 Å². The number of hydrogen-bond donors (Lipinski definition) is 0. The summed E-state index contributed by atoms with van der Waals surface area (Å²) in [4.78, 5) is 21.8. The zero-order valence-electron chi connectivity index (χ0n) is 15.3. The fourth-order valence-electron chi connectivity index (χ4n) is 2.46. The van der Waals surface area contributed by atoms with Gasteiger partial charge in [-0.2, -0.15) is 0 Å². The van der Waals surface area contributed by atoms with Gasteiger partial charge in [0.2, 0.25) is 0 Å². The summed E-state index contributed by atoms with van der Waals surface area (Å²) in [6, 6.07) is 9.33. The van der Waals surface area contributed by atoms with Gasteiger partial charge in [0.25, 0.3) is 0 Å². The molecule has 9 heteroatoms. The van der Waals surface area contributed by atoms with Gasteiger partial charge < -0.3 is 13.9 Å². The molecule has 0 radical (unpaired) electrons. The van der Waals surface area contributed by atoms with Gasteiger partial charge in [-0.15, -0.1) is 22.7 Å². The standard InChI is InChI=1S/C20H15FN2O4S2/c1-12-18(23-19(29-12)16-3-2-8-25-16)20(24)27-9-14-11-28-17(22-14)10-26-15-6-4-13(21)5-7-15/h2-8,11H,9-10H2,1H3. The van der Waals surface area contributed by atoms with Crippen LogP contribution >= 0.6 is 22.7 Å². The van der Waals surface area contributed by atoms with Crippen molar-refractivity contribution in [1.29, 1.82) is 0 Å². The maximum atomic E-state index is 12.9. The van der Waals surface area contributed by atoms with E-state index in [-0.39, 0.29) is 24.7 Å². The molecule has 3 aromatic heterocycles. The Morgan fingerprint density at radius 3 is 2.76 bits per heavy atom. The molecule has 0 bridgehead atoms. The number of halogens is 1. The van der Waals surface area contributed by atoms with Crippen LogP contribution in [0, 0.1) is 12.7 Å². The van der Waals surface area contributed by atoms with Crippen LogP contribution in [-0.4, -0.2) is 15.9 Å². The Labute approximate surface area is 173 Å². The normalized spacial score (nSPS) is 10.8. The lowest BCUT2D eigenvalue weighted by Gasteiger charge is -2.03. The molecular formula is C20H15FN2O4S2. The molecule has 0 aliphatic rings. The van der Waals surface area contributed by atoms with E-state index in [0.29, 0.717) is 22.2 Å². The number of nitrogens with zero attached hydrogens (tertiary/aromatic N) is 2. The van der Waals surface area contributed by atoms with Crippen LogP contribution in [0.15, 0.2) is 52.5 Å². The minimum atomic E-state index is -0.506. The first-order valence-electron chi connectivity index (χ1n) is 8.58. The molecule has 6 nitrogen and oxygen atoms in total. The topological polar surface area (TPSA) is 74.5 Å².